The first kappa shape index (κ1) is 21.0. The highest BCUT2D eigenvalue weighted by molar-refractivity contribution is 5.94. The van der Waals surface area contributed by atoms with Gasteiger partial charge in [-0.25, -0.2) is 9.97 Å². The summed E-state index contributed by atoms with van der Waals surface area (Å²) in [6, 6.07) is 22.5. The topological polar surface area (TPSA) is 118 Å². The molecule has 0 radical (unpaired) electrons. The van der Waals surface area contributed by atoms with E-state index in [2.05, 4.69) is 32.4 Å². The van der Waals surface area contributed by atoms with E-state index in [9.17, 15) is 4.79 Å². The van der Waals surface area contributed by atoms with E-state index in [1.807, 2.05) is 42.5 Å². The molecule has 34 heavy (non-hydrogen) atoms. The molecule has 0 saturated carbocycles. The van der Waals surface area contributed by atoms with E-state index in [0.29, 0.717) is 23.5 Å². The molecule has 5 rings (SSSR count). The number of aromatic nitrogens is 3. The highest BCUT2D eigenvalue weighted by atomic mass is 16.1. The summed E-state index contributed by atoms with van der Waals surface area (Å²) < 4.78 is 0. The molecule has 1 amide bonds. The fourth-order valence-corrected chi connectivity index (χ4v) is 4.03. The van der Waals surface area contributed by atoms with Gasteiger partial charge in [0.15, 0.2) is 0 Å². The first-order valence-corrected chi connectivity index (χ1v) is 10.8. The number of amides is 1. The van der Waals surface area contributed by atoms with Crippen LogP contribution in [0.3, 0.4) is 0 Å². The molecule has 0 bridgehead atoms. The molecule has 3 N–H and O–H groups in total. The molecule has 164 valence electrons. The van der Waals surface area contributed by atoms with Crippen molar-refractivity contribution in [3.8, 4) is 6.07 Å². The number of nitriles is 1. The first-order valence-electron chi connectivity index (χ1n) is 10.8. The third-order valence-electron chi connectivity index (χ3n) is 5.78. The van der Waals surface area contributed by atoms with E-state index in [1.54, 1.807) is 36.8 Å². The van der Waals surface area contributed by atoms with Crippen LogP contribution in [0, 0.1) is 11.3 Å². The van der Waals surface area contributed by atoms with Crippen molar-refractivity contribution in [3.63, 3.8) is 0 Å². The van der Waals surface area contributed by atoms with Crippen LogP contribution in [-0.2, 0) is 6.42 Å². The van der Waals surface area contributed by atoms with E-state index in [1.165, 1.54) is 0 Å². The minimum Gasteiger partial charge on any atom is -0.383 e. The predicted octanol–water partition coefficient (Wildman–Crippen LogP) is 4.35. The minimum atomic E-state index is -0.294. The number of nitrogens with zero attached hydrogens (tertiary/aromatic N) is 4. The van der Waals surface area contributed by atoms with E-state index in [0.717, 1.165) is 32.8 Å². The van der Waals surface area contributed by atoms with Crippen LogP contribution in [0.5, 0.6) is 0 Å². The number of carbonyl (C=O) groups is 1. The van der Waals surface area contributed by atoms with Crippen molar-refractivity contribution in [3.05, 3.63) is 108 Å². The second-order valence-corrected chi connectivity index (χ2v) is 7.98. The Kier molecular flexibility index (Phi) is 5.55. The van der Waals surface area contributed by atoms with Gasteiger partial charge in [0.25, 0.3) is 5.91 Å². The molecule has 5 aromatic rings. The monoisotopic (exact) mass is 444 g/mol. The lowest BCUT2D eigenvalue weighted by molar-refractivity contribution is 0.0936. The van der Waals surface area contributed by atoms with Crippen LogP contribution in [-0.4, -0.2) is 20.9 Å². The van der Waals surface area contributed by atoms with Gasteiger partial charge in [-0.05, 0) is 65.4 Å². The number of pyridine rings is 3. The number of benzene rings is 2. The quantitative estimate of drug-likeness (QED) is 0.416. The van der Waals surface area contributed by atoms with Crippen molar-refractivity contribution < 1.29 is 4.79 Å². The summed E-state index contributed by atoms with van der Waals surface area (Å²) in [5, 5.41) is 15.1. The average molecular weight is 444 g/mol. The Hall–Kier alpha value is -4.83. The molecule has 3 heterocycles. The summed E-state index contributed by atoms with van der Waals surface area (Å²) in [5.41, 5.74) is 9.64. The van der Waals surface area contributed by atoms with Gasteiger partial charge in [-0.1, -0.05) is 24.3 Å². The fourth-order valence-electron chi connectivity index (χ4n) is 4.03. The molecule has 3 aromatic heterocycles. The van der Waals surface area contributed by atoms with E-state index >= 15 is 0 Å². The fraction of sp³-hybridized carbons (Fsp3) is 0.0741. The van der Waals surface area contributed by atoms with Crippen molar-refractivity contribution >= 4 is 33.4 Å². The zero-order valence-corrected chi connectivity index (χ0v) is 18.1. The van der Waals surface area contributed by atoms with E-state index in [4.69, 9.17) is 11.0 Å². The molecular formula is C27H20N6O. The Bertz CT molecular complexity index is 1560. The minimum absolute atomic E-state index is 0.181. The molecule has 0 aliphatic heterocycles. The van der Waals surface area contributed by atoms with Gasteiger partial charge in [-0.15, -0.1) is 0 Å². The maximum Gasteiger partial charge on any atom is 0.251 e. The van der Waals surface area contributed by atoms with Gasteiger partial charge < -0.3 is 11.1 Å². The number of anilines is 1. The van der Waals surface area contributed by atoms with Crippen molar-refractivity contribution in [1.82, 2.24) is 20.3 Å². The zero-order chi connectivity index (χ0) is 23.5. The number of carbonyl (C=O) groups excluding carboxylic acids is 1. The largest absolute Gasteiger partial charge is 0.383 e. The van der Waals surface area contributed by atoms with Crippen LogP contribution in [0.25, 0.3) is 21.7 Å². The molecule has 0 fully saturated rings. The lowest BCUT2D eigenvalue weighted by Crippen LogP contribution is -2.30. The summed E-state index contributed by atoms with van der Waals surface area (Å²) in [6.07, 6.45) is 5.46. The van der Waals surface area contributed by atoms with Crippen LogP contribution in [0.15, 0.2) is 85.3 Å². The van der Waals surface area contributed by atoms with Crippen LogP contribution in [0.1, 0.15) is 33.2 Å². The normalized spacial score (nSPS) is 11.7. The highest BCUT2D eigenvalue weighted by Crippen LogP contribution is 2.26. The molecule has 7 heteroatoms. The number of fused-ring (bicyclic) bond motifs is 2. The van der Waals surface area contributed by atoms with E-state index in [-0.39, 0.29) is 11.9 Å². The van der Waals surface area contributed by atoms with Gasteiger partial charge in [0.1, 0.15) is 17.6 Å². The summed E-state index contributed by atoms with van der Waals surface area (Å²) >= 11 is 0. The Morgan fingerprint density at radius 2 is 1.82 bits per heavy atom. The molecule has 1 unspecified atom stereocenters. The van der Waals surface area contributed by atoms with Gasteiger partial charge in [0.2, 0.25) is 0 Å². The van der Waals surface area contributed by atoms with Crippen molar-refractivity contribution in [2.45, 2.75) is 12.5 Å². The summed E-state index contributed by atoms with van der Waals surface area (Å²) in [5.74, 6) is 0.310. The van der Waals surface area contributed by atoms with Gasteiger partial charge in [0.05, 0.1) is 11.6 Å². The SMILES string of the molecule is N#Cc1ccc2cc(C(Cc3ccc4c(N)nccc4c3)NC(=O)c3ccncc3)ccc2n1. The smallest absolute Gasteiger partial charge is 0.251 e. The molecule has 0 aliphatic rings. The lowest BCUT2D eigenvalue weighted by Gasteiger charge is -2.20. The number of hydrogen-bond donors (Lipinski definition) is 2. The zero-order valence-electron chi connectivity index (χ0n) is 18.1. The summed E-state index contributed by atoms with van der Waals surface area (Å²) in [7, 11) is 0. The molecule has 7 nitrogen and oxygen atoms in total. The summed E-state index contributed by atoms with van der Waals surface area (Å²) in [6.45, 7) is 0. The maximum absolute atomic E-state index is 13.0. The van der Waals surface area contributed by atoms with Gasteiger partial charge >= 0.3 is 0 Å². The van der Waals surface area contributed by atoms with Gasteiger partial charge in [-0.3, -0.25) is 9.78 Å². The van der Waals surface area contributed by atoms with Crippen LogP contribution < -0.4 is 11.1 Å². The summed E-state index contributed by atoms with van der Waals surface area (Å²) in [4.78, 5) is 25.5. The lowest BCUT2D eigenvalue weighted by atomic mass is 9.95. The Morgan fingerprint density at radius 3 is 2.65 bits per heavy atom. The predicted molar refractivity (Wildman–Crippen MR) is 131 cm³/mol. The number of nitrogen functional groups attached to an aromatic ring is 1. The van der Waals surface area contributed by atoms with Crippen LogP contribution in [0.4, 0.5) is 5.82 Å². The second kappa shape index (κ2) is 8.96. The Labute approximate surface area is 195 Å². The second-order valence-electron chi connectivity index (χ2n) is 7.98. The van der Waals surface area contributed by atoms with Crippen molar-refractivity contribution in [2.24, 2.45) is 0 Å². The van der Waals surface area contributed by atoms with Crippen molar-refractivity contribution in [2.75, 3.05) is 5.73 Å². The molecule has 0 saturated heterocycles. The first-order chi connectivity index (χ1) is 16.6. The van der Waals surface area contributed by atoms with Crippen LogP contribution >= 0.6 is 0 Å². The number of rotatable bonds is 5. The maximum atomic E-state index is 13.0. The Morgan fingerprint density at radius 1 is 0.971 bits per heavy atom. The molecular weight excluding hydrogens is 424 g/mol. The Balaban J connectivity index is 1.52. The average Bonchev–Trinajstić information content (AvgIpc) is 2.88. The third kappa shape index (κ3) is 4.25. The number of nitrogens with two attached hydrogens (primary N) is 1. The third-order valence-corrected chi connectivity index (χ3v) is 5.78. The van der Waals surface area contributed by atoms with Crippen molar-refractivity contribution in [1.29, 1.82) is 5.26 Å². The number of hydrogen-bond acceptors (Lipinski definition) is 6. The molecule has 1 atom stereocenters. The highest BCUT2D eigenvalue weighted by Gasteiger charge is 2.18. The molecule has 0 spiro atoms. The molecule has 0 aliphatic carbocycles. The van der Waals surface area contributed by atoms with Gasteiger partial charge in [0, 0.05) is 34.9 Å². The van der Waals surface area contributed by atoms with Crippen LogP contribution in [0.2, 0.25) is 0 Å². The van der Waals surface area contributed by atoms with Gasteiger partial charge in [-0.2, -0.15) is 5.26 Å². The number of nitrogens with one attached hydrogen (secondary N) is 1. The standard InChI is InChI=1S/C27H20N6O/c28-16-22-4-2-20-15-21(3-6-24(20)32-22)25(33-27(34)18-7-10-30-11-8-18)14-17-1-5-23-19(13-17)9-12-31-26(23)29/h1-13,15,25H,14H2,(H2,29,31)(H,33,34). The molecule has 2 aromatic carbocycles. The van der Waals surface area contributed by atoms with E-state index < -0.39 is 0 Å².